The molecule has 1 saturated heterocycles. The van der Waals surface area contributed by atoms with E-state index in [1.165, 1.54) is 6.21 Å². The largest absolute Gasteiger partial charge is 0.364 e. The molecule has 2 N–H and O–H groups in total. The van der Waals surface area contributed by atoms with Crippen LogP contribution in [0.5, 0.6) is 0 Å². The summed E-state index contributed by atoms with van der Waals surface area (Å²) in [6.07, 6.45) is 1.24. The molecule has 1 aliphatic heterocycles. The second kappa shape index (κ2) is 8.57. The number of rotatable bonds is 6. The Labute approximate surface area is 196 Å². The van der Waals surface area contributed by atoms with Gasteiger partial charge in [0.25, 0.3) is 0 Å². The van der Waals surface area contributed by atoms with Crippen LogP contribution in [-0.4, -0.2) is 60.9 Å². The van der Waals surface area contributed by atoms with Gasteiger partial charge >= 0.3 is 0 Å². The molecule has 4 aromatic rings. The molecule has 1 aliphatic rings. The van der Waals surface area contributed by atoms with Crippen molar-refractivity contribution in [3.63, 3.8) is 0 Å². The van der Waals surface area contributed by atoms with Crippen LogP contribution in [0.2, 0.25) is 5.02 Å². The second-order valence-electron chi connectivity index (χ2n) is 8.45. The van der Waals surface area contributed by atoms with Gasteiger partial charge in [0.15, 0.2) is 5.82 Å². The zero-order chi connectivity index (χ0) is 23.1. The van der Waals surface area contributed by atoms with Gasteiger partial charge in [0.2, 0.25) is 5.95 Å². The van der Waals surface area contributed by atoms with Crippen LogP contribution in [0.15, 0.2) is 48.5 Å². The van der Waals surface area contributed by atoms with Gasteiger partial charge in [0, 0.05) is 36.3 Å². The Morgan fingerprint density at radius 3 is 2.67 bits per heavy atom. The van der Waals surface area contributed by atoms with Crippen LogP contribution < -0.4 is 10.2 Å². The van der Waals surface area contributed by atoms with E-state index in [1.807, 2.05) is 61.5 Å². The third-order valence-electron chi connectivity index (χ3n) is 6.18. The Morgan fingerprint density at radius 1 is 1.15 bits per heavy atom. The SMILES string of the molecule is CN(C)C1CN(c2nc(NCC=N)c3cc(Cl)c(-c4cccc5ccccc45)c(F)c3n2)C1. The molecule has 0 aliphatic carbocycles. The van der Waals surface area contributed by atoms with Gasteiger partial charge in [-0.15, -0.1) is 0 Å². The number of hydrogen-bond donors (Lipinski definition) is 2. The second-order valence-corrected chi connectivity index (χ2v) is 8.86. The Bertz CT molecular complexity index is 1360. The Hall–Kier alpha value is -3.29. The number of halogens is 2. The van der Waals surface area contributed by atoms with Gasteiger partial charge in [-0.25, -0.2) is 9.37 Å². The summed E-state index contributed by atoms with van der Waals surface area (Å²) in [5.41, 5.74) is 1.27. The number of benzene rings is 3. The summed E-state index contributed by atoms with van der Waals surface area (Å²) in [4.78, 5) is 13.5. The van der Waals surface area contributed by atoms with Crippen LogP contribution >= 0.6 is 11.6 Å². The summed E-state index contributed by atoms with van der Waals surface area (Å²) in [6, 6.07) is 15.8. The highest BCUT2D eigenvalue weighted by Gasteiger charge is 2.31. The van der Waals surface area contributed by atoms with Crippen LogP contribution in [-0.2, 0) is 0 Å². The van der Waals surface area contributed by atoms with E-state index in [0.29, 0.717) is 33.8 Å². The summed E-state index contributed by atoms with van der Waals surface area (Å²) >= 11 is 6.66. The zero-order valence-corrected chi connectivity index (χ0v) is 19.2. The van der Waals surface area contributed by atoms with Crippen LogP contribution in [0, 0.1) is 11.2 Å². The molecular weight excluding hydrogens is 439 g/mol. The molecule has 3 aromatic carbocycles. The van der Waals surface area contributed by atoms with Crippen LogP contribution in [0.1, 0.15) is 0 Å². The molecule has 168 valence electrons. The quantitative estimate of drug-likeness (QED) is 0.392. The molecule has 33 heavy (non-hydrogen) atoms. The highest BCUT2D eigenvalue weighted by atomic mass is 35.5. The average molecular weight is 463 g/mol. The number of nitrogens with one attached hydrogen (secondary N) is 2. The van der Waals surface area contributed by atoms with Crippen LogP contribution in [0.25, 0.3) is 32.8 Å². The highest BCUT2D eigenvalue weighted by molar-refractivity contribution is 6.35. The van der Waals surface area contributed by atoms with E-state index < -0.39 is 5.82 Å². The number of likely N-dealkylation sites (N-methyl/N-ethyl adjacent to an activating group) is 1. The van der Waals surface area contributed by atoms with E-state index in [9.17, 15) is 0 Å². The summed E-state index contributed by atoms with van der Waals surface area (Å²) in [6.45, 7) is 1.82. The molecule has 0 amide bonds. The lowest BCUT2D eigenvalue weighted by Gasteiger charge is -2.42. The lowest BCUT2D eigenvalue weighted by atomic mass is 9.96. The third kappa shape index (κ3) is 3.77. The zero-order valence-electron chi connectivity index (χ0n) is 18.4. The van der Waals surface area contributed by atoms with Crippen molar-refractivity contribution >= 4 is 51.3 Å². The van der Waals surface area contributed by atoms with Gasteiger partial charge < -0.3 is 20.5 Å². The monoisotopic (exact) mass is 462 g/mol. The molecule has 5 rings (SSSR count). The van der Waals surface area contributed by atoms with E-state index in [2.05, 4.69) is 20.2 Å². The molecule has 0 spiro atoms. The first-order valence-electron chi connectivity index (χ1n) is 10.8. The van der Waals surface area contributed by atoms with Crippen molar-refractivity contribution in [3.05, 3.63) is 59.4 Å². The third-order valence-corrected chi connectivity index (χ3v) is 6.48. The minimum absolute atomic E-state index is 0.216. The van der Waals surface area contributed by atoms with Gasteiger partial charge in [0.1, 0.15) is 11.3 Å². The molecule has 2 heterocycles. The van der Waals surface area contributed by atoms with Crippen molar-refractivity contribution in [2.75, 3.05) is 43.9 Å². The fourth-order valence-corrected chi connectivity index (χ4v) is 4.54. The summed E-state index contributed by atoms with van der Waals surface area (Å²) in [5.74, 6) is 0.468. The van der Waals surface area contributed by atoms with Gasteiger partial charge in [-0.05, 0) is 36.5 Å². The number of anilines is 2. The van der Waals surface area contributed by atoms with Gasteiger partial charge in [-0.2, -0.15) is 4.98 Å². The molecule has 1 fully saturated rings. The van der Waals surface area contributed by atoms with Crippen molar-refractivity contribution in [2.24, 2.45) is 0 Å². The summed E-state index contributed by atoms with van der Waals surface area (Å²) < 4.78 is 16.1. The van der Waals surface area contributed by atoms with Crippen LogP contribution in [0.3, 0.4) is 0 Å². The van der Waals surface area contributed by atoms with Crippen molar-refractivity contribution in [3.8, 4) is 11.1 Å². The fraction of sp³-hybridized carbons (Fsp3) is 0.240. The summed E-state index contributed by atoms with van der Waals surface area (Å²) in [7, 11) is 4.08. The first-order chi connectivity index (χ1) is 16.0. The normalized spacial score (nSPS) is 14.2. The first kappa shape index (κ1) is 21.6. The fourth-order valence-electron chi connectivity index (χ4n) is 4.24. The Balaban J connectivity index is 1.70. The van der Waals surface area contributed by atoms with Crippen molar-refractivity contribution < 1.29 is 4.39 Å². The van der Waals surface area contributed by atoms with E-state index in [-0.39, 0.29) is 12.1 Å². The minimum atomic E-state index is -0.472. The molecule has 8 heteroatoms. The van der Waals surface area contributed by atoms with Crippen molar-refractivity contribution in [1.29, 1.82) is 5.41 Å². The van der Waals surface area contributed by atoms with Crippen molar-refractivity contribution in [1.82, 2.24) is 14.9 Å². The maximum absolute atomic E-state index is 16.1. The lowest BCUT2D eigenvalue weighted by molar-refractivity contribution is 0.245. The molecule has 0 saturated carbocycles. The molecule has 0 radical (unpaired) electrons. The number of fused-ring (bicyclic) bond motifs is 2. The van der Waals surface area contributed by atoms with E-state index in [1.54, 1.807) is 6.07 Å². The first-order valence-corrected chi connectivity index (χ1v) is 11.2. The summed E-state index contributed by atoms with van der Waals surface area (Å²) in [5, 5.41) is 13.2. The standard InChI is InChI=1S/C25H24ClFN6/c1-32(2)16-13-33(14-16)25-30-23-19(24(31-25)29-11-10-28)12-20(26)21(22(23)27)18-9-5-7-15-6-3-4-8-17(15)18/h3-10,12,16,28H,11,13-14H2,1-2H3,(H,29,30,31). The lowest BCUT2D eigenvalue weighted by Crippen LogP contribution is -2.58. The molecular formula is C25H24ClFN6. The highest BCUT2D eigenvalue weighted by Crippen LogP contribution is 2.40. The van der Waals surface area contributed by atoms with Gasteiger partial charge in [0.05, 0.1) is 11.6 Å². The van der Waals surface area contributed by atoms with Crippen molar-refractivity contribution in [2.45, 2.75) is 6.04 Å². The predicted octanol–water partition coefficient (Wildman–Crippen LogP) is 5.05. The topological polar surface area (TPSA) is 68.1 Å². The van der Waals surface area contributed by atoms with E-state index in [4.69, 9.17) is 17.0 Å². The Morgan fingerprint density at radius 2 is 1.91 bits per heavy atom. The van der Waals surface area contributed by atoms with Crippen LogP contribution in [0.4, 0.5) is 16.2 Å². The number of aromatic nitrogens is 2. The maximum atomic E-state index is 16.1. The smallest absolute Gasteiger partial charge is 0.228 e. The predicted molar refractivity (Wildman–Crippen MR) is 134 cm³/mol. The van der Waals surface area contributed by atoms with E-state index in [0.717, 1.165) is 29.4 Å². The minimum Gasteiger partial charge on any atom is -0.364 e. The molecule has 1 aromatic heterocycles. The average Bonchev–Trinajstić information content (AvgIpc) is 2.77. The molecule has 6 nitrogen and oxygen atoms in total. The maximum Gasteiger partial charge on any atom is 0.228 e. The molecule has 0 unspecified atom stereocenters. The van der Waals surface area contributed by atoms with Gasteiger partial charge in [-0.1, -0.05) is 54.1 Å². The number of hydrogen-bond acceptors (Lipinski definition) is 6. The number of nitrogens with zero attached hydrogens (tertiary/aromatic N) is 4. The van der Waals surface area contributed by atoms with Gasteiger partial charge in [-0.3, -0.25) is 0 Å². The van der Waals surface area contributed by atoms with E-state index >= 15 is 4.39 Å². The Kier molecular flexibility index (Phi) is 5.60. The molecule has 0 atom stereocenters. The molecule has 0 bridgehead atoms.